The molecule has 2 aromatic heterocycles. The molecule has 1 aliphatic rings. The Labute approximate surface area is 137 Å². The average Bonchev–Trinajstić information content (AvgIpc) is 3.18. The topological polar surface area (TPSA) is 76.3 Å². The third-order valence-corrected chi connectivity index (χ3v) is 6.96. The molecule has 0 radical (unpaired) electrons. The van der Waals surface area contributed by atoms with Crippen molar-refractivity contribution >= 4 is 21.4 Å². The minimum absolute atomic E-state index is 0.0466. The summed E-state index contributed by atoms with van der Waals surface area (Å²) in [7, 11) is -3.38. The predicted molar refractivity (Wildman–Crippen MR) is 85.6 cm³/mol. The molecule has 0 unspecified atom stereocenters. The fourth-order valence-corrected chi connectivity index (χ4v) is 5.11. The van der Waals surface area contributed by atoms with E-state index in [2.05, 4.69) is 10.1 Å². The van der Waals surface area contributed by atoms with E-state index >= 15 is 0 Å². The quantitative estimate of drug-likeness (QED) is 0.725. The SMILES string of the molecule is O=S(=O)(c1cccs1)N1CC(c2nc(-c3ccccc3)no2)C1. The number of rotatable bonds is 4. The first-order valence-corrected chi connectivity index (χ1v) is 9.39. The van der Waals surface area contributed by atoms with Gasteiger partial charge in [-0.05, 0) is 11.4 Å². The number of hydrogen-bond acceptors (Lipinski definition) is 6. The van der Waals surface area contributed by atoms with Crippen LogP contribution < -0.4 is 0 Å². The van der Waals surface area contributed by atoms with Crippen molar-refractivity contribution in [1.82, 2.24) is 14.4 Å². The molecule has 0 amide bonds. The lowest BCUT2D eigenvalue weighted by atomic mass is 10.0. The van der Waals surface area contributed by atoms with E-state index < -0.39 is 10.0 Å². The molecule has 6 nitrogen and oxygen atoms in total. The molecule has 3 aromatic rings. The van der Waals surface area contributed by atoms with Crippen LogP contribution in [-0.2, 0) is 10.0 Å². The lowest BCUT2D eigenvalue weighted by molar-refractivity contribution is 0.217. The summed E-state index contributed by atoms with van der Waals surface area (Å²) in [5, 5.41) is 5.73. The number of benzene rings is 1. The largest absolute Gasteiger partial charge is 0.339 e. The standard InChI is InChI=1S/C15H13N3O3S2/c19-23(20,13-7-4-8-22-13)18-9-12(10-18)15-16-14(17-21-15)11-5-2-1-3-6-11/h1-8,12H,9-10H2. The van der Waals surface area contributed by atoms with Gasteiger partial charge in [0.25, 0.3) is 10.0 Å². The summed E-state index contributed by atoms with van der Waals surface area (Å²) in [6.45, 7) is 0.743. The van der Waals surface area contributed by atoms with Gasteiger partial charge in [0, 0.05) is 18.7 Å². The van der Waals surface area contributed by atoms with Gasteiger partial charge in [-0.2, -0.15) is 9.29 Å². The van der Waals surface area contributed by atoms with Gasteiger partial charge in [-0.15, -0.1) is 11.3 Å². The van der Waals surface area contributed by atoms with E-state index in [1.807, 2.05) is 30.3 Å². The Bertz CT molecular complexity index is 899. The Morgan fingerprint density at radius 3 is 2.61 bits per heavy atom. The summed E-state index contributed by atoms with van der Waals surface area (Å²) < 4.78 is 31.8. The van der Waals surface area contributed by atoms with Crippen molar-refractivity contribution in [2.24, 2.45) is 0 Å². The molecule has 1 aliphatic heterocycles. The van der Waals surface area contributed by atoms with Gasteiger partial charge in [0.15, 0.2) is 0 Å². The summed E-state index contributed by atoms with van der Waals surface area (Å²) in [6.07, 6.45) is 0. The molecule has 8 heteroatoms. The van der Waals surface area contributed by atoms with Crippen molar-refractivity contribution in [2.45, 2.75) is 10.1 Å². The minimum Gasteiger partial charge on any atom is -0.339 e. The van der Waals surface area contributed by atoms with E-state index in [0.29, 0.717) is 29.0 Å². The second-order valence-corrected chi connectivity index (χ2v) is 8.39. The molecule has 118 valence electrons. The van der Waals surface area contributed by atoms with Crippen LogP contribution in [0.15, 0.2) is 56.6 Å². The van der Waals surface area contributed by atoms with Crippen molar-refractivity contribution in [2.75, 3.05) is 13.1 Å². The lowest BCUT2D eigenvalue weighted by Crippen LogP contribution is -2.48. The molecule has 1 fully saturated rings. The smallest absolute Gasteiger partial charge is 0.252 e. The Morgan fingerprint density at radius 1 is 1.13 bits per heavy atom. The van der Waals surface area contributed by atoms with Crippen molar-refractivity contribution < 1.29 is 12.9 Å². The zero-order chi connectivity index (χ0) is 15.9. The van der Waals surface area contributed by atoms with Gasteiger partial charge in [-0.25, -0.2) is 8.42 Å². The van der Waals surface area contributed by atoms with Gasteiger partial charge in [-0.1, -0.05) is 41.6 Å². The summed E-state index contributed by atoms with van der Waals surface area (Å²) in [6, 6.07) is 12.9. The van der Waals surface area contributed by atoms with Crippen molar-refractivity contribution in [3.63, 3.8) is 0 Å². The third kappa shape index (κ3) is 2.58. The zero-order valence-corrected chi connectivity index (χ0v) is 13.6. The fraction of sp³-hybridized carbons (Fsp3) is 0.200. The highest BCUT2D eigenvalue weighted by Crippen LogP contribution is 2.33. The highest BCUT2D eigenvalue weighted by Gasteiger charge is 2.40. The van der Waals surface area contributed by atoms with Gasteiger partial charge in [-0.3, -0.25) is 0 Å². The second kappa shape index (κ2) is 5.55. The number of aromatic nitrogens is 2. The van der Waals surface area contributed by atoms with Gasteiger partial charge in [0.1, 0.15) is 4.21 Å². The average molecular weight is 347 g/mol. The van der Waals surface area contributed by atoms with Crippen molar-refractivity contribution in [1.29, 1.82) is 0 Å². The van der Waals surface area contributed by atoms with Crippen molar-refractivity contribution in [3.8, 4) is 11.4 Å². The Hall–Kier alpha value is -2.03. The summed E-state index contributed by atoms with van der Waals surface area (Å²) >= 11 is 1.22. The van der Waals surface area contributed by atoms with Crippen LogP contribution in [0.5, 0.6) is 0 Å². The normalized spacial score (nSPS) is 16.3. The lowest BCUT2D eigenvalue weighted by Gasteiger charge is -2.35. The van der Waals surface area contributed by atoms with Crippen LogP contribution in [0.2, 0.25) is 0 Å². The molecule has 23 heavy (non-hydrogen) atoms. The van der Waals surface area contributed by atoms with Gasteiger partial charge < -0.3 is 4.52 Å². The summed E-state index contributed by atoms with van der Waals surface area (Å²) in [5.74, 6) is 0.969. The maximum Gasteiger partial charge on any atom is 0.252 e. The first kappa shape index (κ1) is 14.6. The summed E-state index contributed by atoms with van der Waals surface area (Å²) in [4.78, 5) is 4.39. The zero-order valence-electron chi connectivity index (χ0n) is 12.0. The van der Waals surface area contributed by atoms with E-state index in [0.717, 1.165) is 5.56 Å². The number of sulfonamides is 1. The van der Waals surface area contributed by atoms with E-state index in [1.54, 1.807) is 17.5 Å². The highest BCUT2D eigenvalue weighted by atomic mass is 32.2. The molecule has 0 aliphatic carbocycles. The van der Waals surface area contributed by atoms with Crippen LogP contribution in [-0.4, -0.2) is 36.0 Å². The molecule has 0 saturated carbocycles. The predicted octanol–water partition coefficient (Wildman–Crippen LogP) is 2.59. The maximum absolute atomic E-state index is 12.3. The van der Waals surface area contributed by atoms with Crippen LogP contribution in [0.4, 0.5) is 0 Å². The van der Waals surface area contributed by atoms with E-state index in [-0.39, 0.29) is 5.92 Å². The minimum atomic E-state index is -3.38. The summed E-state index contributed by atoms with van der Waals surface area (Å²) in [5.41, 5.74) is 0.880. The highest BCUT2D eigenvalue weighted by molar-refractivity contribution is 7.91. The van der Waals surface area contributed by atoms with Crippen LogP contribution in [0, 0.1) is 0 Å². The molecule has 0 N–H and O–H groups in total. The van der Waals surface area contributed by atoms with Crippen LogP contribution in [0.25, 0.3) is 11.4 Å². The maximum atomic E-state index is 12.3. The monoisotopic (exact) mass is 347 g/mol. The molecular weight excluding hydrogens is 334 g/mol. The van der Waals surface area contributed by atoms with Crippen LogP contribution >= 0.6 is 11.3 Å². The van der Waals surface area contributed by atoms with E-state index in [4.69, 9.17) is 4.52 Å². The molecule has 0 spiro atoms. The molecule has 0 atom stereocenters. The molecule has 1 aromatic carbocycles. The van der Waals surface area contributed by atoms with Gasteiger partial charge >= 0.3 is 0 Å². The first-order valence-electron chi connectivity index (χ1n) is 7.07. The number of thiophene rings is 1. The molecule has 0 bridgehead atoms. The third-order valence-electron chi connectivity index (χ3n) is 3.76. The molecule has 1 saturated heterocycles. The van der Waals surface area contributed by atoms with E-state index in [1.165, 1.54) is 15.6 Å². The Morgan fingerprint density at radius 2 is 1.91 bits per heavy atom. The Kier molecular flexibility index (Phi) is 3.51. The van der Waals surface area contributed by atoms with Gasteiger partial charge in [0.2, 0.25) is 11.7 Å². The number of hydrogen-bond donors (Lipinski definition) is 0. The molecular formula is C15H13N3O3S2. The molecule has 4 rings (SSSR count). The van der Waals surface area contributed by atoms with Crippen LogP contribution in [0.1, 0.15) is 11.8 Å². The molecule has 3 heterocycles. The first-order chi connectivity index (χ1) is 11.1. The van der Waals surface area contributed by atoms with Crippen LogP contribution in [0.3, 0.4) is 0 Å². The van der Waals surface area contributed by atoms with Gasteiger partial charge in [0.05, 0.1) is 5.92 Å². The van der Waals surface area contributed by atoms with E-state index in [9.17, 15) is 8.42 Å². The Balaban J connectivity index is 1.48. The number of nitrogens with zero attached hydrogens (tertiary/aromatic N) is 3. The fourth-order valence-electron chi connectivity index (χ4n) is 2.43. The van der Waals surface area contributed by atoms with Crippen molar-refractivity contribution in [3.05, 3.63) is 53.7 Å². The second-order valence-electron chi connectivity index (χ2n) is 5.27.